The second-order valence-corrected chi connectivity index (χ2v) is 11.4. The molecule has 1 aliphatic heterocycles. The molecule has 1 fully saturated rings. The Hall–Kier alpha value is -2.24. The SMILES string of the molecule is O=S(=O)(Nc1nccs1)c1cc(Cl)c(NC[C@]2(CCCc3ccccc3)C[C@H](O)CN2)cc1F. The molecule has 0 aliphatic carbocycles. The van der Waals surface area contributed by atoms with Gasteiger partial charge in [-0.3, -0.25) is 4.72 Å². The third kappa shape index (κ3) is 6.05. The van der Waals surface area contributed by atoms with Gasteiger partial charge >= 0.3 is 0 Å². The third-order valence-electron chi connectivity index (χ3n) is 5.88. The van der Waals surface area contributed by atoms with Crippen molar-refractivity contribution in [2.45, 2.75) is 42.2 Å². The number of benzene rings is 2. The van der Waals surface area contributed by atoms with Crippen LogP contribution in [0.4, 0.5) is 15.2 Å². The summed E-state index contributed by atoms with van der Waals surface area (Å²) in [6.45, 7) is 0.885. The highest BCUT2D eigenvalue weighted by atomic mass is 35.5. The lowest BCUT2D eigenvalue weighted by Crippen LogP contribution is -2.46. The largest absolute Gasteiger partial charge is 0.392 e. The maximum absolute atomic E-state index is 14.8. The van der Waals surface area contributed by atoms with Crippen LogP contribution in [0.1, 0.15) is 24.8 Å². The van der Waals surface area contributed by atoms with Gasteiger partial charge in [-0.15, -0.1) is 11.3 Å². The molecule has 7 nitrogen and oxygen atoms in total. The molecule has 4 rings (SSSR count). The van der Waals surface area contributed by atoms with E-state index < -0.39 is 26.8 Å². The Balaban J connectivity index is 1.44. The second-order valence-electron chi connectivity index (χ2n) is 8.42. The molecule has 2 aromatic carbocycles. The van der Waals surface area contributed by atoms with Crippen LogP contribution in [0.25, 0.3) is 0 Å². The van der Waals surface area contributed by atoms with Gasteiger partial charge in [0.1, 0.15) is 10.7 Å². The van der Waals surface area contributed by atoms with Gasteiger partial charge in [-0.1, -0.05) is 41.9 Å². The van der Waals surface area contributed by atoms with E-state index in [1.807, 2.05) is 18.2 Å². The summed E-state index contributed by atoms with van der Waals surface area (Å²) in [5, 5.41) is 18.6. The van der Waals surface area contributed by atoms with E-state index in [4.69, 9.17) is 11.6 Å². The number of rotatable bonds is 10. The average molecular weight is 525 g/mol. The number of hydrogen-bond acceptors (Lipinski definition) is 7. The fourth-order valence-corrected chi connectivity index (χ4v) is 6.37. The number of aryl methyl sites for hydroxylation is 1. The molecule has 1 aliphatic rings. The highest BCUT2D eigenvalue weighted by Gasteiger charge is 2.37. The number of β-amino-alcohol motifs (C(OH)–C–C–N with tert-alkyl or cyclic N) is 1. The van der Waals surface area contributed by atoms with Crippen molar-refractivity contribution in [1.82, 2.24) is 10.3 Å². The van der Waals surface area contributed by atoms with Gasteiger partial charge in [0, 0.05) is 30.2 Å². The van der Waals surface area contributed by atoms with Crippen LogP contribution in [-0.2, 0) is 16.4 Å². The van der Waals surface area contributed by atoms with Crippen molar-refractivity contribution in [3.63, 3.8) is 0 Å². The maximum Gasteiger partial charge on any atom is 0.266 e. The van der Waals surface area contributed by atoms with Crippen molar-refractivity contribution in [3.05, 3.63) is 70.4 Å². The van der Waals surface area contributed by atoms with Crippen molar-refractivity contribution in [1.29, 1.82) is 0 Å². The van der Waals surface area contributed by atoms with Crippen molar-refractivity contribution < 1.29 is 17.9 Å². The molecule has 4 N–H and O–H groups in total. The van der Waals surface area contributed by atoms with Gasteiger partial charge in [0.15, 0.2) is 5.13 Å². The number of aliphatic hydroxyl groups excluding tert-OH is 1. The minimum Gasteiger partial charge on any atom is -0.392 e. The van der Waals surface area contributed by atoms with Gasteiger partial charge in [0.05, 0.1) is 16.8 Å². The third-order valence-corrected chi connectivity index (χ3v) is 8.37. The van der Waals surface area contributed by atoms with Crippen molar-refractivity contribution in [2.75, 3.05) is 23.1 Å². The molecule has 3 aromatic rings. The van der Waals surface area contributed by atoms with Crippen molar-refractivity contribution in [2.24, 2.45) is 0 Å². The van der Waals surface area contributed by atoms with Crippen LogP contribution in [0, 0.1) is 5.82 Å². The van der Waals surface area contributed by atoms with Crippen LogP contribution in [0.5, 0.6) is 0 Å². The van der Waals surface area contributed by atoms with E-state index in [1.165, 1.54) is 11.8 Å². The molecule has 11 heteroatoms. The highest BCUT2D eigenvalue weighted by Crippen LogP contribution is 2.32. The number of nitrogens with zero attached hydrogens (tertiary/aromatic N) is 1. The van der Waals surface area contributed by atoms with Crippen LogP contribution in [0.2, 0.25) is 5.02 Å². The summed E-state index contributed by atoms with van der Waals surface area (Å²) in [6.07, 6.45) is 4.16. The molecule has 0 radical (unpaired) electrons. The number of hydrogen-bond donors (Lipinski definition) is 4. The summed E-state index contributed by atoms with van der Waals surface area (Å²) in [5.74, 6) is -0.923. The highest BCUT2D eigenvalue weighted by molar-refractivity contribution is 7.93. The van der Waals surface area contributed by atoms with E-state index in [0.29, 0.717) is 19.5 Å². The molecule has 34 heavy (non-hydrogen) atoms. The maximum atomic E-state index is 14.8. The molecule has 0 unspecified atom stereocenters. The lowest BCUT2D eigenvalue weighted by Gasteiger charge is -2.31. The van der Waals surface area contributed by atoms with Gasteiger partial charge < -0.3 is 15.7 Å². The molecule has 182 valence electrons. The van der Waals surface area contributed by atoms with Crippen molar-refractivity contribution in [3.8, 4) is 0 Å². The van der Waals surface area contributed by atoms with E-state index >= 15 is 0 Å². The Bertz CT molecular complexity index is 1210. The minimum atomic E-state index is -4.18. The number of thiazole rings is 1. The van der Waals surface area contributed by atoms with Gasteiger partial charge in [0.2, 0.25) is 0 Å². The molecule has 0 spiro atoms. The Morgan fingerprint density at radius 3 is 2.76 bits per heavy atom. The van der Waals surface area contributed by atoms with E-state index in [9.17, 15) is 17.9 Å². The Morgan fingerprint density at radius 2 is 2.09 bits per heavy atom. The lowest BCUT2D eigenvalue weighted by molar-refractivity contribution is 0.183. The first-order valence-electron chi connectivity index (χ1n) is 10.9. The molecule has 0 amide bonds. The van der Waals surface area contributed by atoms with E-state index in [0.717, 1.165) is 42.7 Å². The van der Waals surface area contributed by atoms with Gasteiger partial charge in [-0.25, -0.2) is 17.8 Å². The molecule has 0 saturated carbocycles. The van der Waals surface area contributed by atoms with E-state index in [2.05, 4.69) is 32.5 Å². The zero-order valence-corrected chi connectivity index (χ0v) is 20.7. The lowest BCUT2D eigenvalue weighted by atomic mass is 9.89. The normalized spacial score (nSPS) is 20.4. The molecule has 0 bridgehead atoms. The Morgan fingerprint density at radius 1 is 1.29 bits per heavy atom. The molecular formula is C23H26ClFN4O3S2. The van der Waals surface area contributed by atoms with Gasteiger partial charge in [-0.2, -0.15) is 0 Å². The monoisotopic (exact) mass is 524 g/mol. The summed E-state index contributed by atoms with van der Waals surface area (Å²) in [5.41, 5.74) is 1.15. The molecule has 2 atom stereocenters. The quantitative estimate of drug-likeness (QED) is 0.316. The zero-order valence-electron chi connectivity index (χ0n) is 18.3. The fraction of sp³-hybridized carbons (Fsp3) is 0.348. The minimum absolute atomic E-state index is 0.0823. The Labute approximate surface area is 207 Å². The number of anilines is 2. The predicted molar refractivity (Wildman–Crippen MR) is 134 cm³/mol. The summed E-state index contributed by atoms with van der Waals surface area (Å²) in [4.78, 5) is 3.31. The van der Waals surface area contributed by atoms with E-state index in [1.54, 1.807) is 5.38 Å². The standard InChI is InChI=1S/C23H26ClFN4O3S2/c24-18-11-21(34(31,32)29-22-26-9-10-33-22)19(25)12-20(18)27-15-23(13-17(30)14-28-23)8-4-7-16-5-2-1-3-6-16/h1-3,5-6,9-12,17,27-28,30H,4,7-8,13-15H2,(H,26,29)/t17-,23-/m0/s1. The first-order valence-corrected chi connectivity index (χ1v) is 13.6. The molecule has 1 saturated heterocycles. The van der Waals surface area contributed by atoms with Gasteiger partial charge in [-0.05, 0) is 43.4 Å². The van der Waals surface area contributed by atoms with Crippen LogP contribution >= 0.6 is 22.9 Å². The van der Waals surface area contributed by atoms with Gasteiger partial charge in [0.25, 0.3) is 10.0 Å². The first kappa shape index (κ1) is 24.9. The topological polar surface area (TPSA) is 103 Å². The molecular weight excluding hydrogens is 499 g/mol. The zero-order chi connectivity index (χ0) is 24.2. The van der Waals surface area contributed by atoms with Crippen LogP contribution in [0.15, 0.2) is 58.9 Å². The average Bonchev–Trinajstić information content (AvgIpc) is 3.44. The number of aliphatic hydroxyl groups is 1. The number of nitrogens with one attached hydrogen (secondary N) is 3. The first-order chi connectivity index (χ1) is 16.3. The summed E-state index contributed by atoms with van der Waals surface area (Å²) >= 11 is 7.42. The fourth-order valence-electron chi connectivity index (χ4n) is 4.20. The number of sulfonamides is 1. The van der Waals surface area contributed by atoms with Crippen LogP contribution in [-0.4, -0.2) is 43.2 Å². The van der Waals surface area contributed by atoms with Crippen molar-refractivity contribution >= 4 is 43.8 Å². The number of halogens is 2. The smallest absolute Gasteiger partial charge is 0.266 e. The molecule has 2 heterocycles. The van der Waals surface area contributed by atoms with Crippen LogP contribution < -0.4 is 15.4 Å². The predicted octanol–water partition coefficient (Wildman–Crippen LogP) is 4.26. The summed E-state index contributed by atoms with van der Waals surface area (Å²) in [6, 6.07) is 12.4. The number of aromatic nitrogens is 1. The summed E-state index contributed by atoms with van der Waals surface area (Å²) in [7, 11) is -4.18. The summed E-state index contributed by atoms with van der Waals surface area (Å²) < 4.78 is 42.2. The molecule has 1 aromatic heterocycles. The van der Waals surface area contributed by atoms with Crippen LogP contribution in [0.3, 0.4) is 0 Å². The van der Waals surface area contributed by atoms with E-state index in [-0.39, 0.29) is 21.4 Å². The Kier molecular flexibility index (Phi) is 7.73. The second kappa shape index (κ2) is 10.6.